The third-order valence-electron chi connectivity index (χ3n) is 3.09. The van der Waals surface area contributed by atoms with Crippen LogP contribution in [-0.4, -0.2) is 12.5 Å². The molecule has 108 valence electrons. The quantitative estimate of drug-likeness (QED) is 0.797. The molecule has 2 N–H and O–H groups in total. The van der Waals surface area contributed by atoms with E-state index in [1.54, 1.807) is 6.07 Å². The van der Waals surface area contributed by atoms with E-state index in [0.717, 1.165) is 16.1 Å². The highest BCUT2D eigenvalue weighted by Crippen LogP contribution is 2.40. The monoisotopic (exact) mass is 321 g/mol. The summed E-state index contributed by atoms with van der Waals surface area (Å²) in [5, 5.41) is 3.38. The van der Waals surface area contributed by atoms with Crippen molar-refractivity contribution in [3.8, 4) is 11.1 Å². The lowest BCUT2D eigenvalue weighted by Gasteiger charge is -2.23. The standard InChI is InChI=1S/C15H13ClFN3S/c1-2-18-15-19-14-10(6-4-8-12(14)21-20-15)9-5-3-7-11(17)13(9)16/h3-8H,2H2,1H3,(H2,18,19,20). The number of halogens is 2. The van der Waals surface area contributed by atoms with E-state index in [9.17, 15) is 4.39 Å². The van der Waals surface area contributed by atoms with Crippen molar-refractivity contribution >= 4 is 35.2 Å². The summed E-state index contributed by atoms with van der Waals surface area (Å²) in [6.45, 7) is 2.64. The van der Waals surface area contributed by atoms with Crippen LogP contribution >= 0.6 is 23.5 Å². The third-order valence-corrected chi connectivity index (χ3v) is 4.32. The Morgan fingerprint density at radius 1 is 1.19 bits per heavy atom. The van der Waals surface area contributed by atoms with Crippen molar-refractivity contribution in [1.82, 2.24) is 4.72 Å². The topological polar surface area (TPSA) is 36.4 Å². The van der Waals surface area contributed by atoms with Crippen molar-refractivity contribution in [2.75, 3.05) is 11.9 Å². The summed E-state index contributed by atoms with van der Waals surface area (Å²) < 4.78 is 16.8. The molecule has 0 atom stereocenters. The van der Waals surface area contributed by atoms with Gasteiger partial charge in [-0.1, -0.05) is 35.9 Å². The van der Waals surface area contributed by atoms with Gasteiger partial charge in [0.2, 0.25) is 5.96 Å². The molecule has 0 aromatic heterocycles. The van der Waals surface area contributed by atoms with Crippen LogP contribution in [0.1, 0.15) is 6.92 Å². The van der Waals surface area contributed by atoms with Gasteiger partial charge in [0.05, 0.1) is 15.6 Å². The van der Waals surface area contributed by atoms with Crippen LogP contribution in [-0.2, 0) is 0 Å². The number of rotatable bonds is 2. The summed E-state index contributed by atoms with van der Waals surface area (Å²) in [5.74, 6) is 0.269. The van der Waals surface area contributed by atoms with Crippen molar-refractivity contribution in [2.45, 2.75) is 11.8 Å². The number of nitrogens with one attached hydrogen (secondary N) is 2. The molecule has 2 aromatic carbocycles. The van der Waals surface area contributed by atoms with E-state index >= 15 is 0 Å². The number of aliphatic imine (C=N–C) groups is 1. The molecular formula is C15H13ClFN3S. The smallest absolute Gasteiger partial charge is 0.206 e. The van der Waals surface area contributed by atoms with E-state index in [4.69, 9.17) is 11.6 Å². The molecule has 1 aliphatic rings. The Bertz CT molecular complexity index is 718. The third kappa shape index (κ3) is 2.71. The highest BCUT2D eigenvalue weighted by Gasteiger charge is 2.19. The average Bonchev–Trinajstić information content (AvgIpc) is 2.50. The molecule has 21 heavy (non-hydrogen) atoms. The van der Waals surface area contributed by atoms with Gasteiger partial charge in [0.1, 0.15) is 5.82 Å². The van der Waals surface area contributed by atoms with E-state index in [1.807, 2.05) is 31.2 Å². The van der Waals surface area contributed by atoms with Crippen molar-refractivity contribution in [1.29, 1.82) is 0 Å². The van der Waals surface area contributed by atoms with Gasteiger partial charge < -0.3 is 5.32 Å². The maximum atomic E-state index is 13.7. The minimum atomic E-state index is -0.421. The zero-order valence-corrected chi connectivity index (χ0v) is 12.9. The van der Waals surface area contributed by atoms with Crippen molar-refractivity contribution in [2.24, 2.45) is 4.99 Å². The molecule has 0 unspecified atom stereocenters. The Morgan fingerprint density at radius 2 is 1.95 bits per heavy atom. The molecule has 0 saturated heterocycles. The van der Waals surface area contributed by atoms with Gasteiger partial charge >= 0.3 is 0 Å². The van der Waals surface area contributed by atoms with E-state index < -0.39 is 5.82 Å². The molecule has 0 aliphatic carbocycles. The van der Waals surface area contributed by atoms with Crippen molar-refractivity contribution < 1.29 is 4.39 Å². The summed E-state index contributed by atoms with van der Waals surface area (Å²) >= 11 is 7.59. The summed E-state index contributed by atoms with van der Waals surface area (Å²) in [5.41, 5.74) is 2.41. The zero-order chi connectivity index (χ0) is 14.8. The zero-order valence-electron chi connectivity index (χ0n) is 11.3. The molecular weight excluding hydrogens is 309 g/mol. The van der Waals surface area contributed by atoms with Crippen LogP contribution in [0.2, 0.25) is 5.02 Å². The second kappa shape index (κ2) is 5.95. The SMILES string of the molecule is CCN=C1NSc2cccc(-c3cccc(F)c3Cl)c2N1. The minimum Gasteiger partial charge on any atom is -0.324 e. The summed E-state index contributed by atoms with van der Waals surface area (Å²) in [6.07, 6.45) is 0. The van der Waals surface area contributed by atoms with Gasteiger partial charge in [0.15, 0.2) is 0 Å². The number of fused-ring (bicyclic) bond motifs is 1. The van der Waals surface area contributed by atoms with Gasteiger partial charge in [-0.25, -0.2) is 4.39 Å². The molecule has 0 bridgehead atoms. The normalized spacial score (nSPS) is 15.3. The van der Waals surface area contributed by atoms with Gasteiger partial charge in [0.25, 0.3) is 0 Å². The second-order valence-corrected chi connectivity index (χ2v) is 5.66. The summed E-state index contributed by atoms with van der Waals surface area (Å²) in [4.78, 5) is 5.34. The van der Waals surface area contributed by atoms with E-state index in [0.29, 0.717) is 18.1 Å². The molecule has 1 heterocycles. The minimum absolute atomic E-state index is 0.130. The van der Waals surface area contributed by atoms with Crippen LogP contribution in [0, 0.1) is 5.82 Å². The second-order valence-electron chi connectivity index (χ2n) is 4.43. The average molecular weight is 322 g/mol. The number of guanidine groups is 1. The lowest BCUT2D eigenvalue weighted by Crippen LogP contribution is -2.29. The van der Waals surface area contributed by atoms with E-state index in [1.165, 1.54) is 18.0 Å². The molecule has 3 nitrogen and oxygen atoms in total. The molecule has 1 aliphatic heterocycles. The first-order valence-corrected chi connectivity index (χ1v) is 7.72. The van der Waals surface area contributed by atoms with Gasteiger partial charge in [0, 0.05) is 17.7 Å². The molecule has 0 fully saturated rings. The molecule has 0 amide bonds. The number of hydrogen-bond donors (Lipinski definition) is 2. The van der Waals surface area contributed by atoms with Crippen LogP contribution in [0.5, 0.6) is 0 Å². The molecule has 2 aromatic rings. The van der Waals surface area contributed by atoms with E-state index in [-0.39, 0.29) is 5.02 Å². The van der Waals surface area contributed by atoms with Gasteiger partial charge in [-0.15, -0.1) is 0 Å². The van der Waals surface area contributed by atoms with Gasteiger partial charge in [-0.2, -0.15) is 0 Å². The molecule has 0 saturated carbocycles. The molecule has 3 rings (SSSR count). The Morgan fingerprint density at radius 3 is 2.76 bits per heavy atom. The number of benzene rings is 2. The fourth-order valence-electron chi connectivity index (χ4n) is 2.16. The van der Waals surface area contributed by atoms with Crippen LogP contribution in [0.15, 0.2) is 46.3 Å². The number of nitrogens with zero attached hydrogens (tertiary/aromatic N) is 1. The van der Waals surface area contributed by atoms with Gasteiger partial charge in [-0.05, 0) is 31.0 Å². The van der Waals surface area contributed by atoms with Crippen LogP contribution in [0.4, 0.5) is 10.1 Å². The molecule has 0 radical (unpaired) electrons. The van der Waals surface area contributed by atoms with Gasteiger partial charge in [-0.3, -0.25) is 9.71 Å². The Balaban J connectivity index is 2.13. The first-order valence-electron chi connectivity index (χ1n) is 6.52. The number of hydrogen-bond acceptors (Lipinski definition) is 2. The maximum absolute atomic E-state index is 13.7. The lowest BCUT2D eigenvalue weighted by atomic mass is 10.0. The highest BCUT2D eigenvalue weighted by atomic mass is 35.5. The number of para-hydroxylation sites is 1. The van der Waals surface area contributed by atoms with Crippen LogP contribution < -0.4 is 10.0 Å². The Hall–Kier alpha value is -1.72. The Labute approximate surface area is 131 Å². The van der Waals surface area contributed by atoms with E-state index in [2.05, 4.69) is 15.0 Å². The summed E-state index contributed by atoms with van der Waals surface area (Å²) in [7, 11) is 0. The number of anilines is 1. The highest BCUT2D eigenvalue weighted by molar-refractivity contribution is 7.98. The largest absolute Gasteiger partial charge is 0.324 e. The predicted molar refractivity (Wildman–Crippen MR) is 87.4 cm³/mol. The fourth-order valence-corrected chi connectivity index (χ4v) is 3.12. The first kappa shape index (κ1) is 14.2. The van der Waals surface area contributed by atoms with Crippen molar-refractivity contribution in [3.63, 3.8) is 0 Å². The first-order chi connectivity index (χ1) is 10.2. The van der Waals surface area contributed by atoms with Crippen LogP contribution in [0.3, 0.4) is 0 Å². The lowest BCUT2D eigenvalue weighted by molar-refractivity contribution is 0.629. The molecule has 0 spiro atoms. The summed E-state index contributed by atoms with van der Waals surface area (Å²) in [6, 6.07) is 10.7. The molecule has 6 heteroatoms. The Kier molecular flexibility index (Phi) is 4.03. The van der Waals surface area contributed by atoms with Crippen LogP contribution in [0.25, 0.3) is 11.1 Å². The predicted octanol–water partition coefficient (Wildman–Crippen LogP) is 4.54. The van der Waals surface area contributed by atoms with Crippen molar-refractivity contribution in [3.05, 3.63) is 47.2 Å². The fraction of sp³-hybridized carbons (Fsp3) is 0.133. The maximum Gasteiger partial charge on any atom is 0.206 e.